The van der Waals surface area contributed by atoms with Crippen molar-refractivity contribution >= 4 is 5.97 Å². The van der Waals surface area contributed by atoms with E-state index >= 15 is 0 Å². The van der Waals surface area contributed by atoms with E-state index in [2.05, 4.69) is 34.6 Å². The van der Waals surface area contributed by atoms with Crippen LogP contribution in [0.3, 0.4) is 0 Å². The molecule has 0 aromatic rings. The Morgan fingerprint density at radius 2 is 1.76 bits per heavy atom. The van der Waals surface area contributed by atoms with E-state index in [9.17, 15) is 15.0 Å². The predicted octanol–water partition coefficient (Wildman–Crippen LogP) is 6.13. The first-order valence-electron chi connectivity index (χ1n) is 14.0. The van der Waals surface area contributed by atoms with E-state index in [1.807, 2.05) is 0 Å². The highest BCUT2D eigenvalue weighted by Gasteiger charge is 2.67. The number of esters is 1. The van der Waals surface area contributed by atoms with Gasteiger partial charge in [0.1, 0.15) is 6.10 Å². The van der Waals surface area contributed by atoms with E-state index in [-0.39, 0.29) is 17.5 Å². The van der Waals surface area contributed by atoms with E-state index in [0.717, 1.165) is 37.0 Å². The van der Waals surface area contributed by atoms with Crippen LogP contribution in [0.25, 0.3) is 0 Å². The lowest BCUT2D eigenvalue weighted by molar-refractivity contribution is -0.266. The van der Waals surface area contributed by atoms with Gasteiger partial charge in [0.25, 0.3) is 0 Å². The van der Waals surface area contributed by atoms with Crippen molar-refractivity contribution in [3.05, 3.63) is 0 Å². The molecule has 0 aromatic heterocycles. The summed E-state index contributed by atoms with van der Waals surface area (Å²) < 4.78 is 5.50. The maximum absolute atomic E-state index is 11.9. The molecule has 4 fully saturated rings. The van der Waals surface area contributed by atoms with Gasteiger partial charge in [0.05, 0.1) is 11.7 Å². The Kier molecular flexibility index (Phi) is 7.04. The van der Waals surface area contributed by atoms with Crippen molar-refractivity contribution < 1.29 is 19.7 Å². The van der Waals surface area contributed by atoms with Crippen molar-refractivity contribution in [2.75, 3.05) is 0 Å². The van der Waals surface area contributed by atoms with Crippen molar-refractivity contribution in [2.24, 2.45) is 46.3 Å². The summed E-state index contributed by atoms with van der Waals surface area (Å²) >= 11 is 0. The first-order chi connectivity index (χ1) is 15.4. The Morgan fingerprint density at radius 3 is 2.42 bits per heavy atom. The predicted molar refractivity (Wildman–Crippen MR) is 131 cm³/mol. The van der Waals surface area contributed by atoms with E-state index in [4.69, 9.17) is 4.74 Å². The third kappa shape index (κ3) is 4.20. The molecule has 0 saturated heterocycles. The maximum Gasteiger partial charge on any atom is 0.302 e. The lowest BCUT2D eigenvalue weighted by Crippen LogP contribution is -2.68. The number of fused-ring (bicyclic) bond motifs is 5. The van der Waals surface area contributed by atoms with Gasteiger partial charge in [-0.25, -0.2) is 0 Å². The summed E-state index contributed by atoms with van der Waals surface area (Å²) in [7, 11) is 0. The monoisotopic (exact) mass is 462 g/mol. The number of ether oxygens (including phenoxy) is 1. The van der Waals surface area contributed by atoms with Gasteiger partial charge in [-0.3, -0.25) is 4.79 Å². The molecule has 0 bridgehead atoms. The van der Waals surface area contributed by atoms with Gasteiger partial charge in [-0.2, -0.15) is 0 Å². The molecule has 0 amide bonds. The Morgan fingerprint density at radius 1 is 1.03 bits per heavy atom. The standard InChI is InChI=1S/C29H50O4/c1-18(2)8-7-9-19(3)23-10-11-24-22-16-26(31)29(32)17-21(33-20(4)30)12-15-28(29,6)25(22)13-14-27(23,24)5/h18-19,21-26,31-32H,7-17H2,1-6H3/t19-,21+,22-,23+,24-,25-,26+,27+,28-,29+/m1/s1. The SMILES string of the molecule is CC(=O)O[C@H]1CC[C@]2(C)[C@@H]3CC[C@]4(C)[C@H](CC[C@H]4[C@H](C)CCCC(C)C)[C@H]3C[C@H](O)[C@@]2(O)C1. The molecule has 0 radical (unpaired) electrons. The van der Waals surface area contributed by atoms with Crippen LogP contribution >= 0.6 is 0 Å². The molecule has 4 aliphatic carbocycles. The lowest BCUT2D eigenvalue weighted by atomic mass is 9.42. The molecule has 4 rings (SSSR count). The molecule has 0 heterocycles. The third-order valence-electron chi connectivity index (χ3n) is 11.3. The van der Waals surface area contributed by atoms with Crippen molar-refractivity contribution in [1.82, 2.24) is 0 Å². The van der Waals surface area contributed by atoms with Crippen molar-refractivity contribution in [3.63, 3.8) is 0 Å². The summed E-state index contributed by atoms with van der Waals surface area (Å²) in [6, 6.07) is 0. The fourth-order valence-corrected chi connectivity index (χ4v) is 9.60. The molecule has 0 unspecified atom stereocenters. The number of hydrogen-bond donors (Lipinski definition) is 2. The summed E-state index contributed by atoms with van der Waals surface area (Å²) in [6.07, 6.45) is 10.8. The third-order valence-corrected chi connectivity index (χ3v) is 11.3. The van der Waals surface area contributed by atoms with Crippen LogP contribution in [0.5, 0.6) is 0 Å². The summed E-state index contributed by atoms with van der Waals surface area (Å²) in [4.78, 5) is 11.5. The van der Waals surface area contributed by atoms with E-state index < -0.39 is 11.7 Å². The molecule has 190 valence electrons. The number of aliphatic hydroxyl groups excluding tert-OH is 1. The van der Waals surface area contributed by atoms with Gasteiger partial charge in [0, 0.05) is 18.8 Å². The summed E-state index contributed by atoms with van der Waals surface area (Å²) in [5, 5.41) is 23.3. The zero-order chi connectivity index (χ0) is 24.2. The number of hydrogen-bond acceptors (Lipinski definition) is 4. The molecule has 0 spiro atoms. The molecule has 4 saturated carbocycles. The highest BCUT2D eigenvalue weighted by atomic mass is 16.5. The van der Waals surface area contributed by atoms with Crippen LogP contribution in [-0.4, -0.2) is 34.0 Å². The van der Waals surface area contributed by atoms with Crippen LogP contribution in [0, 0.1) is 46.3 Å². The topological polar surface area (TPSA) is 66.8 Å². The van der Waals surface area contributed by atoms with Crippen molar-refractivity contribution in [2.45, 2.75) is 130 Å². The van der Waals surface area contributed by atoms with Crippen LogP contribution in [0.4, 0.5) is 0 Å². The maximum atomic E-state index is 11.9. The van der Waals surface area contributed by atoms with E-state index in [0.29, 0.717) is 36.0 Å². The van der Waals surface area contributed by atoms with Crippen LogP contribution in [0.1, 0.15) is 112 Å². The van der Waals surface area contributed by atoms with Gasteiger partial charge in [0.2, 0.25) is 0 Å². The first-order valence-corrected chi connectivity index (χ1v) is 14.0. The summed E-state index contributed by atoms with van der Waals surface area (Å²) in [5.74, 6) is 3.69. The number of aliphatic hydroxyl groups is 2. The summed E-state index contributed by atoms with van der Waals surface area (Å²) in [6.45, 7) is 13.4. The van der Waals surface area contributed by atoms with Crippen LogP contribution in [0.15, 0.2) is 0 Å². The van der Waals surface area contributed by atoms with Gasteiger partial charge < -0.3 is 14.9 Å². The minimum absolute atomic E-state index is 0.275. The van der Waals surface area contributed by atoms with Gasteiger partial charge in [-0.15, -0.1) is 0 Å². The molecule has 10 atom stereocenters. The Balaban J connectivity index is 1.51. The largest absolute Gasteiger partial charge is 0.462 e. The number of carbonyl (C=O) groups is 1. The number of carbonyl (C=O) groups excluding carboxylic acids is 1. The normalized spacial score (nSPS) is 48.0. The fraction of sp³-hybridized carbons (Fsp3) is 0.966. The number of rotatable bonds is 6. The van der Waals surface area contributed by atoms with Gasteiger partial charge >= 0.3 is 5.97 Å². The Labute approximate surface area is 202 Å². The van der Waals surface area contributed by atoms with Gasteiger partial charge in [0.15, 0.2) is 0 Å². The first kappa shape index (κ1) is 25.5. The van der Waals surface area contributed by atoms with Crippen LogP contribution in [0.2, 0.25) is 0 Å². The van der Waals surface area contributed by atoms with E-state index in [1.54, 1.807) is 0 Å². The molecule has 4 nitrogen and oxygen atoms in total. The second-order valence-electron chi connectivity index (χ2n) is 13.5. The van der Waals surface area contributed by atoms with Crippen molar-refractivity contribution in [1.29, 1.82) is 0 Å². The van der Waals surface area contributed by atoms with E-state index in [1.165, 1.54) is 45.4 Å². The Bertz CT molecular complexity index is 720. The molecular weight excluding hydrogens is 412 g/mol. The summed E-state index contributed by atoms with van der Waals surface area (Å²) in [5.41, 5.74) is -1.07. The van der Waals surface area contributed by atoms with Gasteiger partial charge in [-0.1, -0.05) is 53.9 Å². The average molecular weight is 463 g/mol. The second kappa shape index (κ2) is 9.12. The van der Waals surface area contributed by atoms with Gasteiger partial charge in [-0.05, 0) is 85.9 Å². The smallest absolute Gasteiger partial charge is 0.302 e. The molecule has 2 N–H and O–H groups in total. The average Bonchev–Trinajstić information content (AvgIpc) is 3.07. The van der Waals surface area contributed by atoms with Crippen molar-refractivity contribution in [3.8, 4) is 0 Å². The molecule has 33 heavy (non-hydrogen) atoms. The highest BCUT2D eigenvalue weighted by Crippen LogP contribution is 2.69. The second-order valence-corrected chi connectivity index (χ2v) is 13.5. The highest BCUT2D eigenvalue weighted by molar-refractivity contribution is 5.66. The van der Waals surface area contributed by atoms with Crippen LogP contribution < -0.4 is 0 Å². The molecule has 4 aliphatic rings. The molecule has 0 aromatic carbocycles. The minimum Gasteiger partial charge on any atom is -0.462 e. The Hall–Kier alpha value is -0.610. The minimum atomic E-state index is -1.15. The quantitative estimate of drug-likeness (QED) is 0.466. The fourth-order valence-electron chi connectivity index (χ4n) is 9.60. The zero-order valence-electron chi connectivity index (χ0n) is 22.1. The lowest BCUT2D eigenvalue weighted by Gasteiger charge is -2.65. The zero-order valence-corrected chi connectivity index (χ0v) is 22.1. The molecule has 4 heteroatoms. The molecular formula is C29H50O4. The molecule has 0 aliphatic heterocycles. The van der Waals surface area contributed by atoms with Crippen LogP contribution in [-0.2, 0) is 9.53 Å².